The zero-order valence-electron chi connectivity index (χ0n) is 16.0. The number of hydrogen-bond donors (Lipinski definition) is 2. The molecule has 0 aliphatic rings. The zero-order valence-corrected chi connectivity index (χ0v) is 16.8. The highest BCUT2D eigenvalue weighted by molar-refractivity contribution is 7.15. The van der Waals surface area contributed by atoms with Gasteiger partial charge in [0.25, 0.3) is 11.8 Å². The van der Waals surface area contributed by atoms with Crippen LogP contribution < -0.4 is 10.6 Å². The number of nitrogens with one attached hydrogen (secondary N) is 2. The van der Waals surface area contributed by atoms with Crippen molar-refractivity contribution in [3.8, 4) is 0 Å². The van der Waals surface area contributed by atoms with E-state index in [2.05, 4.69) is 41.6 Å². The van der Waals surface area contributed by atoms with Gasteiger partial charge in [-0.3, -0.25) is 14.9 Å². The van der Waals surface area contributed by atoms with Crippen LogP contribution in [0.2, 0.25) is 0 Å². The Labute approximate surface area is 168 Å². The standard InChI is InChI=1S/C21H22N4O2S/c1-21(2,3)13-17-24-25-20(28-17)23-19(27)15-9-11-16(12-10-15)22-18(26)14-7-5-4-6-8-14/h4-12H,13H2,1-3H3,(H,22,26)(H,23,25,27). The minimum atomic E-state index is -0.264. The van der Waals surface area contributed by atoms with E-state index in [1.807, 2.05) is 18.2 Å². The average molecular weight is 395 g/mol. The third-order valence-electron chi connectivity index (χ3n) is 3.81. The van der Waals surface area contributed by atoms with Gasteiger partial charge in [-0.05, 0) is 41.8 Å². The van der Waals surface area contributed by atoms with Gasteiger partial charge in [0.15, 0.2) is 0 Å². The number of rotatable bonds is 5. The molecule has 0 radical (unpaired) electrons. The summed E-state index contributed by atoms with van der Waals surface area (Å²) in [6.45, 7) is 6.39. The van der Waals surface area contributed by atoms with E-state index in [1.54, 1.807) is 36.4 Å². The van der Waals surface area contributed by atoms with E-state index in [-0.39, 0.29) is 17.2 Å². The quantitative estimate of drug-likeness (QED) is 0.661. The second kappa shape index (κ2) is 8.31. The smallest absolute Gasteiger partial charge is 0.257 e. The number of anilines is 2. The van der Waals surface area contributed by atoms with Crippen molar-refractivity contribution in [3.63, 3.8) is 0 Å². The number of carbonyl (C=O) groups excluding carboxylic acids is 2. The van der Waals surface area contributed by atoms with Crippen LogP contribution in [0.15, 0.2) is 54.6 Å². The molecule has 0 aliphatic carbocycles. The summed E-state index contributed by atoms with van der Waals surface area (Å²) in [6, 6.07) is 15.7. The van der Waals surface area contributed by atoms with Crippen molar-refractivity contribution in [3.05, 3.63) is 70.7 Å². The second-order valence-electron chi connectivity index (χ2n) is 7.59. The van der Waals surface area contributed by atoms with Crippen LogP contribution in [-0.4, -0.2) is 22.0 Å². The fraction of sp³-hybridized carbons (Fsp3) is 0.238. The van der Waals surface area contributed by atoms with Gasteiger partial charge in [0.05, 0.1) is 0 Å². The van der Waals surface area contributed by atoms with E-state index < -0.39 is 0 Å². The third kappa shape index (κ3) is 5.47. The normalized spacial score (nSPS) is 11.1. The second-order valence-corrected chi connectivity index (χ2v) is 8.65. The fourth-order valence-electron chi connectivity index (χ4n) is 2.50. The lowest BCUT2D eigenvalue weighted by Crippen LogP contribution is -2.13. The molecule has 2 amide bonds. The topological polar surface area (TPSA) is 84.0 Å². The molecule has 0 fully saturated rings. The molecule has 3 aromatic rings. The number of hydrogen-bond acceptors (Lipinski definition) is 5. The van der Waals surface area contributed by atoms with Crippen LogP contribution in [0.3, 0.4) is 0 Å². The lowest BCUT2D eigenvalue weighted by atomic mass is 9.93. The van der Waals surface area contributed by atoms with Gasteiger partial charge in [-0.15, -0.1) is 10.2 Å². The predicted molar refractivity (Wildman–Crippen MR) is 112 cm³/mol. The lowest BCUT2D eigenvalue weighted by molar-refractivity contribution is 0.102. The predicted octanol–water partition coefficient (Wildman–Crippen LogP) is 4.63. The Morgan fingerprint density at radius 3 is 2.11 bits per heavy atom. The van der Waals surface area contributed by atoms with Crippen molar-refractivity contribution in [2.75, 3.05) is 10.6 Å². The van der Waals surface area contributed by atoms with Crippen LogP contribution in [0.25, 0.3) is 0 Å². The molecule has 1 aromatic heterocycles. The van der Waals surface area contributed by atoms with Crippen molar-refractivity contribution >= 4 is 34.0 Å². The molecule has 0 atom stereocenters. The first-order valence-corrected chi connectivity index (χ1v) is 9.72. The molecule has 28 heavy (non-hydrogen) atoms. The maximum absolute atomic E-state index is 12.4. The summed E-state index contributed by atoms with van der Waals surface area (Å²) >= 11 is 1.38. The fourth-order valence-corrected chi connectivity index (χ4v) is 3.53. The molecular weight excluding hydrogens is 372 g/mol. The maximum Gasteiger partial charge on any atom is 0.257 e. The van der Waals surface area contributed by atoms with Crippen molar-refractivity contribution < 1.29 is 9.59 Å². The average Bonchev–Trinajstić information content (AvgIpc) is 3.07. The highest BCUT2D eigenvalue weighted by Crippen LogP contribution is 2.25. The maximum atomic E-state index is 12.4. The van der Waals surface area contributed by atoms with Gasteiger partial charge in [0.2, 0.25) is 5.13 Å². The monoisotopic (exact) mass is 394 g/mol. The molecule has 3 rings (SSSR count). The molecule has 0 saturated carbocycles. The summed E-state index contributed by atoms with van der Waals surface area (Å²) in [5.74, 6) is -0.461. The van der Waals surface area contributed by atoms with E-state index in [0.717, 1.165) is 11.4 Å². The molecule has 0 bridgehead atoms. The van der Waals surface area contributed by atoms with Gasteiger partial charge in [0.1, 0.15) is 5.01 Å². The lowest BCUT2D eigenvalue weighted by Gasteiger charge is -2.14. The Hall–Kier alpha value is -3.06. The van der Waals surface area contributed by atoms with E-state index in [4.69, 9.17) is 0 Å². The third-order valence-corrected chi connectivity index (χ3v) is 4.65. The van der Waals surface area contributed by atoms with Crippen molar-refractivity contribution in [1.29, 1.82) is 0 Å². The molecule has 0 saturated heterocycles. The first-order chi connectivity index (χ1) is 13.3. The molecule has 6 nitrogen and oxygen atoms in total. The van der Waals surface area contributed by atoms with Gasteiger partial charge < -0.3 is 5.32 Å². The highest BCUT2D eigenvalue weighted by Gasteiger charge is 2.16. The Kier molecular flexibility index (Phi) is 5.84. The molecule has 0 spiro atoms. The van der Waals surface area contributed by atoms with Crippen molar-refractivity contribution in [1.82, 2.24) is 10.2 Å². The first kappa shape index (κ1) is 19.7. The number of benzene rings is 2. The van der Waals surface area contributed by atoms with E-state index >= 15 is 0 Å². The Balaban J connectivity index is 1.60. The van der Waals surface area contributed by atoms with Gasteiger partial charge in [-0.25, -0.2) is 0 Å². The minimum Gasteiger partial charge on any atom is -0.322 e. The summed E-state index contributed by atoms with van der Waals surface area (Å²) in [5.41, 5.74) is 1.78. The van der Waals surface area contributed by atoms with Crippen LogP contribution in [0, 0.1) is 5.41 Å². The summed E-state index contributed by atoms with van der Waals surface area (Å²) < 4.78 is 0. The zero-order chi connectivity index (χ0) is 20.1. The van der Waals surface area contributed by atoms with Gasteiger partial charge in [-0.2, -0.15) is 0 Å². The minimum absolute atomic E-state index is 0.112. The molecule has 144 valence electrons. The van der Waals surface area contributed by atoms with Crippen LogP contribution in [0.1, 0.15) is 46.5 Å². The van der Waals surface area contributed by atoms with Crippen LogP contribution in [0.5, 0.6) is 0 Å². The SMILES string of the molecule is CC(C)(C)Cc1nnc(NC(=O)c2ccc(NC(=O)c3ccccc3)cc2)s1. The van der Waals surface area contributed by atoms with Crippen molar-refractivity contribution in [2.45, 2.75) is 27.2 Å². The molecule has 0 aliphatic heterocycles. The number of aromatic nitrogens is 2. The summed E-state index contributed by atoms with van der Waals surface area (Å²) in [5, 5.41) is 15.1. The largest absolute Gasteiger partial charge is 0.322 e. The Bertz CT molecular complexity index is 960. The first-order valence-electron chi connectivity index (χ1n) is 8.90. The Morgan fingerprint density at radius 2 is 1.46 bits per heavy atom. The van der Waals surface area contributed by atoms with Gasteiger partial charge >= 0.3 is 0 Å². The number of carbonyl (C=O) groups is 2. The van der Waals surface area contributed by atoms with Crippen LogP contribution >= 0.6 is 11.3 Å². The number of nitrogens with zero attached hydrogens (tertiary/aromatic N) is 2. The summed E-state index contributed by atoms with van der Waals surface area (Å²) in [6.07, 6.45) is 0.802. The molecular formula is C21H22N4O2S. The van der Waals surface area contributed by atoms with Crippen LogP contribution in [-0.2, 0) is 6.42 Å². The summed E-state index contributed by atoms with van der Waals surface area (Å²) in [7, 11) is 0. The van der Waals surface area contributed by atoms with Crippen molar-refractivity contribution in [2.24, 2.45) is 5.41 Å². The van der Waals surface area contributed by atoms with Crippen LogP contribution in [0.4, 0.5) is 10.8 Å². The van der Waals surface area contributed by atoms with E-state index in [9.17, 15) is 9.59 Å². The molecule has 1 heterocycles. The van der Waals surface area contributed by atoms with Gasteiger partial charge in [0, 0.05) is 23.2 Å². The van der Waals surface area contributed by atoms with E-state index in [1.165, 1.54) is 11.3 Å². The molecule has 7 heteroatoms. The van der Waals surface area contributed by atoms with Gasteiger partial charge in [-0.1, -0.05) is 50.3 Å². The summed E-state index contributed by atoms with van der Waals surface area (Å²) in [4.78, 5) is 24.6. The Morgan fingerprint density at radius 1 is 0.857 bits per heavy atom. The highest BCUT2D eigenvalue weighted by atomic mass is 32.1. The van der Waals surface area contributed by atoms with E-state index in [0.29, 0.717) is 21.9 Å². The molecule has 0 unspecified atom stereocenters. The number of amides is 2. The molecule has 2 N–H and O–H groups in total. The molecule has 2 aromatic carbocycles.